The van der Waals surface area contributed by atoms with Gasteiger partial charge in [-0.1, -0.05) is 6.92 Å². The quantitative estimate of drug-likeness (QED) is 0.497. The first kappa shape index (κ1) is 13.6. The number of benzene rings is 1. The second-order valence-electron chi connectivity index (χ2n) is 3.25. The number of ketones is 1. The van der Waals surface area contributed by atoms with Gasteiger partial charge in [-0.3, -0.25) is 10.2 Å². The van der Waals surface area contributed by atoms with E-state index in [-0.39, 0.29) is 5.78 Å². The number of thioether (sulfide) groups is 1. The number of hydrogen-bond acceptors (Lipinski definition) is 5. The van der Waals surface area contributed by atoms with Crippen LogP contribution in [0.25, 0.3) is 0 Å². The van der Waals surface area contributed by atoms with Gasteiger partial charge in [0, 0.05) is 6.92 Å². The Morgan fingerprint density at radius 1 is 1.41 bits per heavy atom. The summed E-state index contributed by atoms with van der Waals surface area (Å²) in [5.41, 5.74) is 3.67. The molecular formula is C12H16N2O2S. The molecule has 0 heterocycles. The minimum atomic E-state index is -0.0298. The summed E-state index contributed by atoms with van der Waals surface area (Å²) in [6, 6.07) is 7.35. The molecule has 5 heteroatoms. The summed E-state index contributed by atoms with van der Waals surface area (Å²) in [4.78, 5) is 11.2. The van der Waals surface area contributed by atoms with Crippen molar-refractivity contribution in [3.63, 3.8) is 0 Å². The summed E-state index contributed by atoms with van der Waals surface area (Å²) in [6.07, 6.45) is 0. The topological polar surface area (TPSA) is 50.7 Å². The number of carbonyl (C=O) groups is 1. The second kappa shape index (κ2) is 6.96. The van der Waals surface area contributed by atoms with E-state index in [1.54, 1.807) is 7.11 Å². The molecule has 0 atom stereocenters. The Morgan fingerprint density at radius 3 is 2.53 bits per heavy atom. The Kier molecular flexibility index (Phi) is 5.56. The summed E-state index contributed by atoms with van der Waals surface area (Å²) < 4.78 is 5.05. The van der Waals surface area contributed by atoms with Crippen LogP contribution in [0.4, 0.5) is 5.69 Å². The molecule has 17 heavy (non-hydrogen) atoms. The molecule has 92 valence electrons. The zero-order valence-corrected chi connectivity index (χ0v) is 11.0. The molecule has 1 rings (SSSR count). The standard InChI is InChI=1S/C12H16N2O2S/c1-4-17-12(9(2)15)14-13-10-5-7-11(16-3)8-6-10/h5-8,13H,4H2,1-3H3. The van der Waals surface area contributed by atoms with Crippen LogP contribution in [0.3, 0.4) is 0 Å². The van der Waals surface area contributed by atoms with Crippen molar-refractivity contribution >= 4 is 28.3 Å². The van der Waals surface area contributed by atoms with E-state index in [0.717, 1.165) is 17.2 Å². The second-order valence-corrected chi connectivity index (χ2v) is 4.50. The number of anilines is 1. The zero-order valence-electron chi connectivity index (χ0n) is 10.2. The van der Waals surface area contributed by atoms with Crippen LogP contribution in [0, 0.1) is 0 Å². The predicted molar refractivity (Wildman–Crippen MR) is 72.9 cm³/mol. The van der Waals surface area contributed by atoms with Crippen LogP contribution in [0.5, 0.6) is 5.75 Å². The Bertz CT molecular complexity index is 401. The van der Waals surface area contributed by atoms with E-state index in [1.807, 2.05) is 31.2 Å². The summed E-state index contributed by atoms with van der Waals surface area (Å²) >= 11 is 1.42. The van der Waals surface area contributed by atoms with Crippen molar-refractivity contribution in [3.05, 3.63) is 24.3 Å². The average molecular weight is 252 g/mol. The lowest BCUT2D eigenvalue weighted by Gasteiger charge is -2.04. The van der Waals surface area contributed by atoms with Crippen LogP contribution in [0.15, 0.2) is 29.4 Å². The Morgan fingerprint density at radius 2 is 2.06 bits per heavy atom. The summed E-state index contributed by atoms with van der Waals surface area (Å²) in [5, 5.41) is 4.57. The van der Waals surface area contributed by atoms with Crippen molar-refractivity contribution in [2.24, 2.45) is 5.10 Å². The summed E-state index contributed by atoms with van der Waals surface area (Å²) in [7, 11) is 1.62. The van der Waals surface area contributed by atoms with Gasteiger partial charge in [0.1, 0.15) is 5.75 Å². The van der Waals surface area contributed by atoms with Gasteiger partial charge in [-0.15, -0.1) is 11.8 Å². The molecule has 0 bridgehead atoms. The SMILES string of the molecule is CCSC(=NNc1ccc(OC)cc1)C(C)=O. The fourth-order valence-corrected chi connectivity index (χ4v) is 1.72. The molecule has 0 radical (unpaired) electrons. The van der Waals surface area contributed by atoms with Crippen LogP contribution < -0.4 is 10.2 Å². The maximum absolute atomic E-state index is 11.2. The summed E-state index contributed by atoms with van der Waals surface area (Å²) in [6.45, 7) is 3.49. The van der Waals surface area contributed by atoms with E-state index < -0.39 is 0 Å². The normalized spacial score (nSPS) is 11.1. The molecule has 1 aromatic carbocycles. The van der Waals surface area contributed by atoms with E-state index in [9.17, 15) is 4.79 Å². The van der Waals surface area contributed by atoms with Crippen molar-refractivity contribution in [1.29, 1.82) is 0 Å². The zero-order chi connectivity index (χ0) is 12.7. The van der Waals surface area contributed by atoms with Crippen molar-refractivity contribution in [3.8, 4) is 5.75 Å². The molecule has 0 aromatic heterocycles. The molecule has 0 saturated carbocycles. The highest BCUT2D eigenvalue weighted by atomic mass is 32.2. The highest BCUT2D eigenvalue weighted by Crippen LogP contribution is 2.15. The molecule has 0 spiro atoms. The van der Waals surface area contributed by atoms with Crippen molar-refractivity contribution in [1.82, 2.24) is 0 Å². The largest absolute Gasteiger partial charge is 0.497 e. The van der Waals surface area contributed by atoms with E-state index >= 15 is 0 Å². The molecule has 1 N–H and O–H groups in total. The lowest BCUT2D eigenvalue weighted by atomic mass is 10.3. The number of Topliss-reactive ketones (excluding diaryl/α,β-unsaturated/α-hetero) is 1. The predicted octanol–water partition coefficient (Wildman–Crippen LogP) is 2.76. The molecule has 0 saturated heterocycles. The van der Waals surface area contributed by atoms with Crippen molar-refractivity contribution < 1.29 is 9.53 Å². The number of hydrogen-bond donors (Lipinski definition) is 1. The highest BCUT2D eigenvalue weighted by molar-refractivity contribution is 8.15. The number of ether oxygens (including phenoxy) is 1. The van der Waals surface area contributed by atoms with Gasteiger partial charge < -0.3 is 4.74 Å². The van der Waals surface area contributed by atoms with Crippen LogP contribution in [-0.2, 0) is 4.79 Å². The van der Waals surface area contributed by atoms with Gasteiger partial charge in [0.15, 0.2) is 10.8 Å². The Balaban J connectivity index is 2.69. The lowest BCUT2D eigenvalue weighted by molar-refractivity contribution is -0.110. The summed E-state index contributed by atoms with van der Waals surface area (Å²) in [5.74, 6) is 1.58. The van der Waals surface area contributed by atoms with Crippen molar-refractivity contribution in [2.45, 2.75) is 13.8 Å². The minimum absolute atomic E-state index is 0.0298. The maximum Gasteiger partial charge on any atom is 0.186 e. The molecular weight excluding hydrogens is 236 g/mol. The molecule has 0 fully saturated rings. The number of nitrogens with one attached hydrogen (secondary N) is 1. The van der Waals surface area contributed by atoms with E-state index in [0.29, 0.717) is 5.04 Å². The third-order valence-corrected chi connectivity index (χ3v) is 2.90. The number of hydrazone groups is 1. The highest BCUT2D eigenvalue weighted by Gasteiger charge is 2.04. The van der Waals surface area contributed by atoms with Crippen LogP contribution in [0.1, 0.15) is 13.8 Å². The first-order chi connectivity index (χ1) is 8.17. The van der Waals surface area contributed by atoms with Gasteiger partial charge in [-0.2, -0.15) is 5.10 Å². The van der Waals surface area contributed by atoms with Gasteiger partial charge in [0.25, 0.3) is 0 Å². The molecule has 1 aromatic rings. The first-order valence-electron chi connectivity index (χ1n) is 5.28. The van der Waals surface area contributed by atoms with E-state index in [1.165, 1.54) is 18.7 Å². The average Bonchev–Trinajstić information content (AvgIpc) is 2.34. The van der Waals surface area contributed by atoms with Gasteiger partial charge >= 0.3 is 0 Å². The molecule has 0 aliphatic heterocycles. The number of rotatable bonds is 5. The fraction of sp³-hybridized carbons (Fsp3) is 0.333. The number of carbonyl (C=O) groups excluding carboxylic acids is 1. The monoisotopic (exact) mass is 252 g/mol. The van der Waals surface area contributed by atoms with Crippen LogP contribution >= 0.6 is 11.8 Å². The number of methoxy groups -OCH3 is 1. The first-order valence-corrected chi connectivity index (χ1v) is 6.27. The third-order valence-electron chi connectivity index (χ3n) is 1.96. The van der Waals surface area contributed by atoms with Gasteiger partial charge in [-0.05, 0) is 30.0 Å². The van der Waals surface area contributed by atoms with Crippen molar-refractivity contribution in [2.75, 3.05) is 18.3 Å². The van der Waals surface area contributed by atoms with Gasteiger partial charge in [0.05, 0.1) is 12.8 Å². The molecule has 0 aliphatic carbocycles. The van der Waals surface area contributed by atoms with E-state index in [2.05, 4.69) is 10.5 Å². The molecule has 0 aliphatic rings. The minimum Gasteiger partial charge on any atom is -0.497 e. The van der Waals surface area contributed by atoms with Crippen LogP contribution in [0.2, 0.25) is 0 Å². The fourth-order valence-electron chi connectivity index (χ4n) is 1.13. The lowest BCUT2D eigenvalue weighted by Crippen LogP contribution is -2.08. The van der Waals surface area contributed by atoms with Gasteiger partial charge in [0.2, 0.25) is 0 Å². The maximum atomic E-state index is 11.2. The van der Waals surface area contributed by atoms with Crippen LogP contribution in [-0.4, -0.2) is 23.7 Å². The number of nitrogens with zero attached hydrogens (tertiary/aromatic N) is 1. The third kappa shape index (κ3) is 4.48. The Hall–Kier alpha value is -1.49. The smallest absolute Gasteiger partial charge is 0.186 e. The Labute approximate surface area is 105 Å². The van der Waals surface area contributed by atoms with E-state index in [4.69, 9.17) is 4.74 Å². The molecule has 0 amide bonds. The molecule has 4 nitrogen and oxygen atoms in total. The van der Waals surface area contributed by atoms with Gasteiger partial charge in [-0.25, -0.2) is 0 Å². The molecule has 0 unspecified atom stereocenters.